The highest BCUT2D eigenvalue weighted by molar-refractivity contribution is 5.96. The molecule has 2 aliphatic rings. The van der Waals surface area contributed by atoms with Crippen molar-refractivity contribution in [2.75, 3.05) is 12.3 Å². The number of fused-ring (bicyclic) bond motifs is 1. The minimum absolute atomic E-state index is 0.205. The van der Waals surface area contributed by atoms with Crippen molar-refractivity contribution >= 4 is 11.6 Å². The number of nitrogens with zero attached hydrogens (tertiary/aromatic N) is 1. The van der Waals surface area contributed by atoms with Crippen molar-refractivity contribution in [2.24, 2.45) is 11.8 Å². The van der Waals surface area contributed by atoms with Crippen LogP contribution in [-0.2, 0) is 0 Å². The summed E-state index contributed by atoms with van der Waals surface area (Å²) in [6.07, 6.45) is 6.19. The number of benzene rings is 1. The third kappa shape index (κ3) is 2.66. The summed E-state index contributed by atoms with van der Waals surface area (Å²) in [6.45, 7) is 5.25. The minimum atomic E-state index is 0.205. The monoisotopic (exact) mass is 286 g/mol. The van der Waals surface area contributed by atoms with Gasteiger partial charge in [0.2, 0.25) is 0 Å². The van der Waals surface area contributed by atoms with Gasteiger partial charge in [-0.2, -0.15) is 0 Å². The summed E-state index contributed by atoms with van der Waals surface area (Å²) in [4.78, 5) is 15.1. The molecule has 0 spiro atoms. The summed E-state index contributed by atoms with van der Waals surface area (Å²) in [5.41, 5.74) is 8.35. The minimum Gasteiger partial charge on any atom is -0.399 e. The van der Waals surface area contributed by atoms with E-state index in [4.69, 9.17) is 5.73 Å². The van der Waals surface area contributed by atoms with Crippen LogP contribution >= 0.6 is 0 Å². The molecule has 2 fully saturated rings. The lowest BCUT2D eigenvalue weighted by molar-refractivity contribution is 0.0217. The summed E-state index contributed by atoms with van der Waals surface area (Å²) < 4.78 is 0. The summed E-state index contributed by atoms with van der Waals surface area (Å²) in [6, 6.07) is 6.08. The normalized spacial score (nSPS) is 29.0. The predicted octanol–water partition coefficient (Wildman–Crippen LogP) is 3.62. The van der Waals surface area contributed by atoms with Crippen molar-refractivity contribution in [3.05, 3.63) is 29.3 Å². The quantitative estimate of drug-likeness (QED) is 0.801. The van der Waals surface area contributed by atoms with E-state index >= 15 is 0 Å². The van der Waals surface area contributed by atoms with E-state index in [2.05, 4.69) is 11.8 Å². The number of nitrogens with two attached hydrogens (primary N) is 1. The Morgan fingerprint density at radius 1 is 1.24 bits per heavy atom. The number of rotatable bonds is 1. The maximum absolute atomic E-state index is 13.0. The zero-order valence-electron chi connectivity index (χ0n) is 13.1. The van der Waals surface area contributed by atoms with E-state index in [0.29, 0.717) is 12.0 Å². The summed E-state index contributed by atoms with van der Waals surface area (Å²) in [7, 11) is 0. The Hall–Kier alpha value is -1.51. The van der Waals surface area contributed by atoms with Crippen LogP contribution in [-0.4, -0.2) is 23.4 Å². The van der Waals surface area contributed by atoms with E-state index in [1.165, 1.54) is 25.7 Å². The highest BCUT2D eigenvalue weighted by Crippen LogP contribution is 2.39. The molecular weight excluding hydrogens is 260 g/mol. The standard InChI is InChI=1S/C18H26N2O/c1-12-9-10-20(17-6-4-3-5-15(12)17)18(21)16-8-7-14(19)11-13(16)2/h7-8,11-12,15,17H,3-6,9-10,19H2,1-2H3. The number of aryl methyl sites for hydroxylation is 1. The van der Waals surface area contributed by atoms with Gasteiger partial charge in [-0.25, -0.2) is 0 Å². The molecule has 1 amide bonds. The highest BCUT2D eigenvalue weighted by Gasteiger charge is 2.39. The Morgan fingerprint density at radius 2 is 2.00 bits per heavy atom. The third-order valence-electron chi connectivity index (χ3n) is 5.48. The molecule has 21 heavy (non-hydrogen) atoms. The maximum atomic E-state index is 13.0. The lowest BCUT2D eigenvalue weighted by Crippen LogP contribution is -2.52. The van der Waals surface area contributed by atoms with Gasteiger partial charge >= 0.3 is 0 Å². The second-order valence-electron chi connectivity index (χ2n) is 6.85. The third-order valence-corrected chi connectivity index (χ3v) is 5.48. The number of hydrogen-bond donors (Lipinski definition) is 1. The van der Waals surface area contributed by atoms with Crippen LogP contribution in [0.3, 0.4) is 0 Å². The molecule has 3 heteroatoms. The van der Waals surface area contributed by atoms with Gasteiger partial charge in [-0.05, 0) is 61.8 Å². The SMILES string of the molecule is Cc1cc(N)ccc1C(=O)N1CCC(C)C2CCCCC21. The molecular formula is C18H26N2O. The maximum Gasteiger partial charge on any atom is 0.254 e. The Labute approximate surface area is 127 Å². The van der Waals surface area contributed by atoms with E-state index in [1.54, 1.807) is 0 Å². The van der Waals surface area contributed by atoms with Crippen molar-refractivity contribution < 1.29 is 4.79 Å². The van der Waals surface area contributed by atoms with E-state index in [0.717, 1.165) is 35.7 Å². The first-order valence-corrected chi connectivity index (χ1v) is 8.25. The van der Waals surface area contributed by atoms with Crippen LogP contribution in [0.5, 0.6) is 0 Å². The first kappa shape index (κ1) is 14.4. The Morgan fingerprint density at radius 3 is 2.76 bits per heavy atom. The van der Waals surface area contributed by atoms with Gasteiger partial charge in [0.05, 0.1) is 0 Å². The lowest BCUT2D eigenvalue weighted by atomic mass is 9.72. The molecule has 3 atom stereocenters. The van der Waals surface area contributed by atoms with Crippen LogP contribution < -0.4 is 5.73 Å². The van der Waals surface area contributed by atoms with Gasteiger partial charge in [-0.1, -0.05) is 19.8 Å². The zero-order chi connectivity index (χ0) is 15.0. The summed E-state index contributed by atoms with van der Waals surface area (Å²) >= 11 is 0. The average Bonchev–Trinajstić information content (AvgIpc) is 2.47. The molecule has 1 aliphatic carbocycles. The van der Waals surface area contributed by atoms with Gasteiger partial charge in [0.1, 0.15) is 0 Å². The van der Waals surface area contributed by atoms with Crippen LogP contribution in [0.4, 0.5) is 5.69 Å². The van der Waals surface area contributed by atoms with Gasteiger partial charge < -0.3 is 10.6 Å². The molecule has 1 saturated carbocycles. The Balaban J connectivity index is 1.86. The molecule has 0 bridgehead atoms. The molecule has 0 aromatic heterocycles. The number of anilines is 1. The molecule has 1 aromatic rings. The van der Waals surface area contributed by atoms with E-state index in [-0.39, 0.29) is 5.91 Å². The molecule has 0 radical (unpaired) electrons. The average molecular weight is 286 g/mol. The van der Waals surface area contributed by atoms with Gasteiger partial charge in [-0.3, -0.25) is 4.79 Å². The largest absolute Gasteiger partial charge is 0.399 e. The van der Waals surface area contributed by atoms with Gasteiger partial charge in [0.25, 0.3) is 5.91 Å². The van der Waals surface area contributed by atoms with E-state index < -0.39 is 0 Å². The van der Waals surface area contributed by atoms with Crippen LogP contribution in [0, 0.1) is 18.8 Å². The van der Waals surface area contributed by atoms with Crippen LogP contribution in [0.15, 0.2) is 18.2 Å². The molecule has 1 aromatic carbocycles. The molecule has 2 N–H and O–H groups in total. The molecule has 114 valence electrons. The number of amides is 1. The molecule has 1 aliphatic heterocycles. The fraction of sp³-hybridized carbons (Fsp3) is 0.611. The second kappa shape index (κ2) is 5.70. The first-order chi connectivity index (χ1) is 10.1. The summed E-state index contributed by atoms with van der Waals surface area (Å²) in [5.74, 6) is 1.66. The molecule has 3 unspecified atom stereocenters. The van der Waals surface area contributed by atoms with Crippen LogP contribution in [0.25, 0.3) is 0 Å². The van der Waals surface area contributed by atoms with Crippen molar-refractivity contribution in [2.45, 2.75) is 52.0 Å². The Kier molecular flexibility index (Phi) is 3.92. The molecule has 1 heterocycles. The van der Waals surface area contributed by atoms with Gasteiger partial charge in [-0.15, -0.1) is 0 Å². The van der Waals surface area contributed by atoms with E-state index in [9.17, 15) is 4.79 Å². The first-order valence-electron chi connectivity index (χ1n) is 8.25. The molecule has 3 nitrogen and oxygen atoms in total. The fourth-order valence-electron chi connectivity index (χ4n) is 4.25. The fourth-order valence-corrected chi connectivity index (χ4v) is 4.25. The molecule has 3 rings (SSSR count). The van der Waals surface area contributed by atoms with Crippen molar-refractivity contribution in [1.29, 1.82) is 0 Å². The number of carbonyl (C=O) groups excluding carboxylic acids is 1. The number of piperidine rings is 1. The molecule has 1 saturated heterocycles. The highest BCUT2D eigenvalue weighted by atomic mass is 16.2. The number of likely N-dealkylation sites (tertiary alicyclic amines) is 1. The number of carbonyl (C=O) groups is 1. The number of nitrogen functional groups attached to an aromatic ring is 1. The predicted molar refractivity (Wildman–Crippen MR) is 86.2 cm³/mol. The van der Waals surface area contributed by atoms with Gasteiger partial charge in [0.15, 0.2) is 0 Å². The van der Waals surface area contributed by atoms with Gasteiger partial charge in [0, 0.05) is 23.8 Å². The van der Waals surface area contributed by atoms with Crippen molar-refractivity contribution in [1.82, 2.24) is 4.90 Å². The lowest BCUT2D eigenvalue weighted by Gasteiger charge is -2.47. The van der Waals surface area contributed by atoms with Crippen LogP contribution in [0.2, 0.25) is 0 Å². The summed E-state index contributed by atoms with van der Waals surface area (Å²) in [5, 5.41) is 0. The second-order valence-corrected chi connectivity index (χ2v) is 6.85. The zero-order valence-corrected chi connectivity index (χ0v) is 13.1. The smallest absolute Gasteiger partial charge is 0.254 e. The Bertz CT molecular complexity index is 540. The number of hydrogen-bond acceptors (Lipinski definition) is 2. The van der Waals surface area contributed by atoms with Crippen molar-refractivity contribution in [3.8, 4) is 0 Å². The topological polar surface area (TPSA) is 46.3 Å². The van der Waals surface area contributed by atoms with Crippen LogP contribution in [0.1, 0.15) is 54.9 Å². The van der Waals surface area contributed by atoms with E-state index in [1.807, 2.05) is 25.1 Å². The van der Waals surface area contributed by atoms with Crippen molar-refractivity contribution in [3.63, 3.8) is 0 Å².